The number of thiophene rings is 1. The van der Waals surface area contributed by atoms with Crippen LogP contribution in [0, 0.1) is 5.82 Å². The smallest absolute Gasteiger partial charge is 0.191 e. The number of methoxy groups -OCH3 is 1. The molecule has 3 rings (SSSR count). The van der Waals surface area contributed by atoms with Gasteiger partial charge in [-0.15, -0.1) is 35.3 Å². The number of likely N-dealkylation sites (tertiary alicyclic amines) is 1. The summed E-state index contributed by atoms with van der Waals surface area (Å²) < 4.78 is 18.9. The number of halogens is 2. The number of aliphatic imine (C=N–C) groups is 1. The van der Waals surface area contributed by atoms with Gasteiger partial charge in [0.05, 0.1) is 19.7 Å². The summed E-state index contributed by atoms with van der Waals surface area (Å²) in [6, 6.07) is 9.63. The predicted octanol–water partition coefficient (Wildman–Crippen LogP) is 4.41. The monoisotopic (exact) mass is 532 g/mol. The van der Waals surface area contributed by atoms with Gasteiger partial charge in [-0.05, 0) is 62.0 Å². The number of guanidine groups is 1. The Morgan fingerprint density at radius 1 is 1.28 bits per heavy atom. The summed E-state index contributed by atoms with van der Waals surface area (Å²) in [7, 11) is 1.47. The van der Waals surface area contributed by atoms with Crippen LogP contribution >= 0.6 is 35.3 Å². The van der Waals surface area contributed by atoms with Crippen molar-refractivity contribution in [3.05, 3.63) is 52.0 Å². The highest BCUT2D eigenvalue weighted by atomic mass is 127. The van der Waals surface area contributed by atoms with E-state index in [2.05, 4.69) is 38.0 Å². The van der Waals surface area contributed by atoms with Crippen molar-refractivity contribution < 1.29 is 9.13 Å². The minimum atomic E-state index is -0.361. The minimum Gasteiger partial charge on any atom is -0.494 e. The maximum absolute atomic E-state index is 13.9. The van der Waals surface area contributed by atoms with Crippen LogP contribution in [-0.4, -0.2) is 44.1 Å². The number of ether oxygens (including phenoxy) is 1. The number of hydrogen-bond acceptors (Lipinski definition) is 4. The molecule has 0 radical (unpaired) electrons. The molecule has 0 bridgehead atoms. The molecule has 1 aromatic carbocycles. The van der Waals surface area contributed by atoms with Crippen molar-refractivity contribution in [3.63, 3.8) is 0 Å². The van der Waals surface area contributed by atoms with Crippen molar-refractivity contribution in [1.29, 1.82) is 0 Å². The summed E-state index contributed by atoms with van der Waals surface area (Å²) in [5.74, 6) is 0.640. The highest BCUT2D eigenvalue weighted by Gasteiger charge is 2.24. The van der Waals surface area contributed by atoms with Gasteiger partial charge < -0.3 is 15.4 Å². The summed E-state index contributed by atoms with van der Waals surface area (Å²) >= 11 is 1.80. The largest absolute Gasteiger partial charge is 0.494 e. The summed E-state index contributed by atoms with van der Waals surface area (Å²) in [6.45, 7) is 6.30. The Bertz CT molecular complexity index is 766. The van der Waals surface area contributed by atoms with Gasteiger partial charge in [0.2, 0.25) is 0 Å². The van der Waals surface area contributed by atoms with Crippen LogP contribution in [0.2, 0.25) is 0 Å². The van der Waals surface area contributed by atoms with Crippen LogP contribution in [0.25, 0.3) is 0 Å². The number of benzene rings is 1. The van der Waals surface area contributed by atoms with Crippen LogP contribution in [0.1, 0.15) is 36.2 Å². The number of nitrogens with one attached hydrogen (secondary N) is 2. The first-order valence-electron chi connectivity index (χ1n) is 9.83. The van der Waals surface area contributed by atoms with Gasteiger partial charge in [0.25, 0.3) is 0 Å². The SMILES string of the molecule is CCNC(=NCc1ccc(OC)c(F)c1)NCC(c1cccs1)N1CCCC1.I. The molecule has 1 fully saturated rings. The van der Waals surface area contributed by atoms with E-state index >= 15 is 0 Å². The Morgan fingerprint density at radius 2 is 2.07 bits per heavy atom. The van der Waals surface area contributed by atoms with E-state index < -0.39 is 0 Å². The van der Waals surface area contributed by atoms with Gasteiger partial charge in [0.1, 0.15) is 0 Å². The van der Waals surface area contributed by atoms with Crippen LogP contribution in [0.3, 0.4) is 0 Å². The van der Waals surface area contributed by atoms with E-state index in [1.165, 1.54) is 30.9 Å². The van der Waals surface area contributed by atoms with Gasteiger partial charge in [0.15, 0.2) is 17.5 Å². The van der Waals surface area contributed by atoms with Crippen LogP contribution in [0.5, 0.6) is 5.75 Å². The Balaban J connectivity index is 0.00000300. The van der Waals surface area contributed by atoms with Crippen molar-refractivity contribution in [1.82, 2.24) is 15.5 Å². The first-order valence-corrected chi connectivity index (χ1v) is 10.7. The van der Waals surface area contributed by atoms with Gasteiger partial charge in [-0.25, -0.2) is 9.38 Å². The van der Waals surface area contributed by atoms with Gasteiger partial charge in [-0.3, -0.25) is 4.90 Å². The van der Waals surface area contributed by atoms with E-state index in [-0.39, 0.29) is 35.5 Å². The zero-order valence-electron chi connectivity index (χ0n) is 17.0. The van der Waals surface area contributed by atoms with Crippen molar-refractivity contribution in [2.75, 3.05) is 33.3 Å². The minimum absolute atomic E-state index is 0. The third kappa shape index (κ3) is 6.82. The third-order valence-electron chi connectivity index (χ3n) is 4.90. The predicted molar refractivity (Wildman–Crippen MR) is 129 cm³/mol. The van der Waals surface area contributed by atoms with Gasteiger partial charge in [-0.1, -0.05) is 12.1 Å². The van der Waals surface area contributed by atoms with Crippen molar-refractivity contribution in [3.8, 4) is 5.75 Å². The van der Waals surface area contributed by atoms with Crippen LogP contribution in [0.15, 0.2) is 40.7 Å². The maximum atomic E-state index is 13.9. The number of nitrogens with zero attached hydrogens (tertiary/aromatic N) is 2. The molecular formula is C21H30FIN4OS. The van der Waals surface area contributed by atoms with Crippen molar-refractivity contribution in [2.45, 2.75) is 32.4 Å². The molecule has 0 spiro atoms. The Labute approximate surface area is 193 Å². The summed E-state index contributed by atoms with van der Waals surface area (Å²) in [6.07, 6.45) is 2.53. The van der Waals surface area contributed by atoms with E-state index in [1.807, 2.05) is 13.0 Å². The first-order chi connectivity index (χ1) is 13.7. The Morgan fingerprint density at radius 3 is 2.69 bits per heavy atom. The highest BCUT2D eigenvalue weighted by molar-refractivity contribution is 14.0. The summed E-state index contributed by atoms with van der Waals surface area (Å²) in [5.41, 5.74) is 0.810. The standard InChI is InChI=1S/C21H29FN4OS.HI/c1-3-23-21(24-14-16-8-9-19(27-2)17(22)13-16)25-15-18(20-7-6-12-28-20)26-10-4-5-11-26;/h6-9,12-13,18H,3-5,10-11,14-15H2,1-2H3,(H2,23,24,25);1H. The summed E-state index contributed by atoms with van der Waals surface area (Å²) in [4.78, 5) is 8.55. The molecule has 8 heteroatoms. The second kappa shape index (κ2) is 12.3. The van der Waals surface area contributed by atoms with Crippen molar-refractivity contribution in [2.24, 2.45) is 4.99 Å². The number of rotatable bonds is 8. The molecular weight excluding hydrogens is 502 g/mol. The average Bonchev–Trinajstić information content (AvgIpc) is 3.41. The zero-order chi connectivity index (χ0) is 19.8. The Kier molecular flexibility index (Phi) is 10.2. The third-order valence-corrected chi connectivity index (χ3v) is 5.87. The van der Waals surface area contributed by atoms with Gasteiger partial charge in [-0.2, -0.15) is 0 Å². The van der Waals surface area contributed by atoms with Crippen LogP contribution in [-0.2, 0) is 6.54 Å². The zero-order valence-corrected chi connectivity index (χ0v) is 20.1. The molecule has 1 aliphatic rings. The maximum Gasteiger partial charge on any atom is 0.191 e. The molecule has 2 aromatic rings. The molecule has 1 aromatic heterocycles. The highest BCUT2D eigenvalue weighted by Crippen LogP contribution is 2.27. The molecule has 5 nitrogen and oxygen atoms in total. The van der Waals surface area contributed by atoms with Crippen molar-refractivity contribution >= 4 is 41.3 Å². The molecule has 1 saturated heterocycles. The number of hydrogen-bond donors (Lipinski definition) is 2. The molecule has 1 aliphatic heterocycles. The molecule has 2 N–H and O–H groups in total. The Hall–Kier alpha value is -1.39. The lowest BCUT2D eigenvalue weighted by Crippen LogP contribution is -2.42. The lowest BCUT2D eigenvalue weighted by atomic mass is 10.2. The van der Waals surface area contributed by atoms with Crippen LogP contribution in [0.4, 0.5) is 4.39 Å². The molecule has 0 aliphatic carbocycles. The normalized spacial score (nSPS) is 15.6. The topological polar surface area (TPSA) is 48.9 Å². The fraction of sp³-hybridized carbons (Fsp3) is 0.476. The summed E-state index contributed by atoms with van der Waals surface area (Å²) in [5, 5.41) is 8.90. The fourth-order valence-electron chi connectivity index (χ4n) is 3.46. The van der Waals surface area contributed by atoms with E-state index in [0.717, 1.165) is 37.7 Å². The van der Waals surface area contributed by atoms with E-state index in [1.54, 1.807) is 17.4 Å². The van der Waals surface area contributed by atoms with E-state index in [0.29, 0.717) is 12.6 Å². The molecule has 1 unspecified atom stereocenters. The molecule has 2 heterocycles. The molecule has 0 saturated carbocycles. The average molecular weight is 532 g/mol. The van der Waals surface area contributed by atoms with Gasteiger partial charge in [0, 0.05) is 18.0 Å². The first kappa shape index (κ1) is 23.9. The molecule has 0 amide bonds. The lowest BCUT2D eigenvalue weighted by Gasteiger charge is -2.27. The van der Waals surface area contributed by atoms with E-state index in [4.69, 9.17) is 4.74 Å². The molecule has 160 valence electrons. The van der Waals surface area contributed by atoms with Gasteiger partial charge >= 0.3 is 0 Å². The second-order valence-electron chi connectivity index (χ2n) is 6.82. The molecule has 1 atom stereocenters. The fourth-order valence-corrected chi connectivity index (χ4v) is 4.32. The second-order valence-corrected chi connectivity index (χ2v) is 7.80. The quantitative estimate of drug-likeness (QED) is 0.301. The molecule has 29 heavy (non-hydrogen) atoms. The van der Waals surface area contributed by atoms with E-state index in [9.17, 15) is 4.39 Å². The van der Waals surface area contributed by atoms with Crippen LogP contribution < -0.4 is 15.4 Å². The lowest BCUT2D eigenvalue weighted by molar-refractivity contribution is 0.249.